The third-order valence-electron chi connectivity index (χ3n) is 3.15. The number of hydrogen-bond donors (Lipinski definition) is 2. The molecule has 0 aliphatic carbocycles. The van der Waals surface area contributed by atoms with Gasteiger partial charge in [0.25, 0.3) is 0 Å². The molecule has 0 saturated carbocycles. The predicted octanol–water partition coefficient (Wildman–Crippen LogP) is -1.51. The second-order valence-corrected chi connectivity index (χ2v) is 4.78. The molecule has 114 valence electrons. The van der Waals surface area contributed by atoms with Crippen molar-refractivity contribution in [3.8, 4) is 0 Å². The summed E-state index contributed by atoms with van der Waals surface area (Å²) in [6.07, 6.45) is 0.101. The molecule has 2 fully saturated rings. The number of nitrogens with zero attached hydrogens (tertiary/aromatic N) is 2. The van der Waals surface area contributed by atoms with Crippen LogP contribution in [0.25, 0.3) is 0 Å². The molecule has 20 heavy (non-hydrogen) atoms. The lowest BCUT2D eigenvalue weighted by Crippen LogP contribution is -2.44. The van der Waals surface area contributed by atoms with E-state index < -0.39 is 0 Å². The summed E-state index contributed by atoms with van der Waals surface area (Å²) in [7, 11) is 0. The van der Waals surface area contributed by atoms with Gasteiger partial charge in [-0.15, -0.1) is 10.1 Å². The van der Waals surface area contributed by atoms with E-state index in [9.17, 15) is 9.59 Å². The number of carbonyl (C=O) groups is 2. The largest absolute Gasteiger partial charge is 0.368 e. The van der Waals surface area contributed by atoms with Crippen LogP contribution in [0.2, 0.25) is 0 Å². The molecule has 8 nitrogen and oxygen atoms in total. The van der Waals surface area contributed by atoms with Crippen LogP contribution < -0.4 is 10.6 Å². The normalized spacial score (nSPS) is 21.4. The maximum Gasteiger partial charge on any atom is 0.325 e. The van der Waals surface area contributed by atoms with Gasteiger partial charge >= 0.3 is 11.9 Å². The van der Waals surface area contributed by atoms with Gasteiger partial charge in [-0.2, -0.15) is 0 Å². The fraction of sp³-hybridized carbons (Fsp3) is 0.833. The van der Waals surface area contributed by atoms with Crippen LogP contribution in [0.4, 0.5) is 0 Å². The van der Waals surface area contributed by atoms with E-state index in [0.717, 1.165) is 26.2 Å². The SMILES string of the molecule is O=C(CCC(=O)ON1CCNCC1)ON1CCNCC1. The summed E-state index contributed by atoms with van der Waals surface area (Å²) in [6.45, 7) is 5.93. The predicted molar refractivity (Wildman–Crippen MR) is 70.3 cm³/mol. The Morgan fingerprint density at radius 3 is 1.45 bits per heavy atom. The minimum atomic E-state index is -0.385. The fourth-order valence-electron chi connectivity index (χ4n) is 2.05. The van der Waals surface area contributed by atoms with Crippen molar-refractivity contribution in [1.29, 1.82) is 0 Å². The molecule has 2 aliphatic rings. The van der Waals surface area contributed by atoms with Crippen LogP contribution in [-0.2, 0) is 19.3 Å². The van der Waals surface area contributed by atoms with Crippen molar-refractivity contribution in [3.05, 3.63) is 0 Å². The van der Waals surface area contributed by atoms with Crippen LogP contribution in [0.1, 0.15) is 12.8 Å². The highest BCUT2D eigenvalue weighted by Gasteiger charge is 2.18. The van der Waals surface area contributed by atoms with E-state index in [1.807, 2.05) is 0 Å². The Morgan fingerprint density at radius 2 is 1.10 bits per heavy atom. The van der Waals surface area contributed by atoms with Crippen molar-refractivity contribution in [2.24, 2.45) is 0 Å². The summed E-state index contributed by atoms with van der Waals surface area (Å²) in [5, 5.41) is 9.58. The molecule has 2 rings (SSSR count). The zero-order chi connectivity index (χ0) is 14.2. The van der Waals surface area contributed by atoms with Crippen LogP contribution >= 0.6 is 0 Å². The molecule has 8 heteroatoms. The lowest BCUT2D eigenvalue weighted by molar-refractivity contribution is -0.199. The molecule has 0 amide bonds. The zero-order valence-corrected chi connectivity index (χ0v) is 11.6. The van der Waals surface area contributed by atoms with Crippen molar-refractivity contribution in [3.63, 3.8) is 0 Å². The van der Waals surface area contributed by atoms with E-state index in [0.29, 0.717) is 26.2 Å². The number of hydroxylamine groups is 4. The molecule has 2 heterocycles. The van der Waals surface area contributed by atoms with Crippen LogP contribution in [0.3, 0.4) is 0 Å². The summed E-state index contributed by atoms with van der Waals surface area (Å²) in [5.41, 5.74) is 0. The molecule has 0 aromatic heterocycles. The van der Waals surface area contributed by atoms with Crippen molar-refractivity contribution < 1.29 is 19.3 Å². The number of piperazine rings is 2. The highest BCUT2D eigenvalue weighted by Crippen LogP contribution is 2.02. The van der Waals surface area contributed by atoms with Gasteiger partial charge in [0, 0.05) is 52.4 Å². The standard InChI is InChI=1S/C12H22N4O4/c17-11(19-15-7-3-13-4-8-15)1-2-12(18)20-16-9-5-14-6-10-16/h13-14H,1-10H2. The van der Waals surface area contributed by atoms with Gasteiger partial charge in [-0.05, 0) is 0 Å². The fourth-order valence-corrected chi connectivity index (χ4v) is 2.05. The first kappa shape index (κ1) is 15.2. The van der Waals surface area contributed by atoms with Gasteiger partial charge in [-0.1, -0.05) is 0 Å². The monoisotopic (exact) mass is 286 g/mol. The molecule has 0 radical (unpaired) electrons. The Balaban J connectivity index is 1.58. The second-order valence-electron chi connectivity index (χ2n) is 4.78. The first-order chi connectivity index (χ1) is 9.74. The minimum Gasteiger partial charge on any atom is -0.368 e. The van der Waals surface area contributed by atoms with Gasteiger partial charge < -0.3 is 20.3 Å². The maximum absolute atomic E-state index is 11.6. The highest BCUT2D eigenvalue weighted by molar-refractivity contribution is 5.77. The van der Waals surface area contributed by atoms with E-state index in [-0.39, 0.29) is 24.8 Å². The number of hydrogen-bond acceptors (Lipinski definition) is 8. The van der Waals surface area contributed by atoms with Crippen LogP contribution in [0.15, 0.2) is 0 Å². The average Bonchev–Trinajstić information content (AvgIpc) is 2.47. The molecule has 2 N–H and O–H groups in total. The van der Waals surface area contributed by atoms with Gasteiger partial charge in [-0.3, -0.25) is 9.59 Å². The summed E-state index contributed by atoms with van der Waals surface area (Å²) >= 11 is 0. The molecule has 2 aliphatic heterocycles. The van der Waals surface area contributed by atoms with Crippen molar-refractivity contribution in [1.82, 2.24) is 20.8 Å². The molecule has 0 bridgehead atoms. The van der Waals surface area contributed by atoms with Crippen LogP contribution in [-0.4, -0.2) is 74.4 Å². The summed E-state index contributed by atoms with van der Waals surface area (Å²) in [6, 6.07) is 0. The average molecular weight is 286 g/mol. The van der Waals surface area contributed by atoms with E-state index in [2.05, 4.69) is 10.6 Å². The maximum atomic E-state index is 11.6. The Bertz CT molecular complexity index is 295. The molecule has 0 unspecified atom stereocenters. The molecule has 0 aromatic carbocycles. The van der Waals surface area contributed by atoms with Crippen LogP contribution in [0, 0.1) is 0 Å². The number of carbonyl (C=O) groups excluding carboxylic acids is 2. The lowest BCUT2D eigenvalue weighted by Gasteiger charge is -2.26. The van der Waals surface area contributed by atoms with Crippen molar-refractivity contribution in [2.45, 2.75) is 12.8 Å². The van der Waals surface area contributed by atoms with Gasteiger partial charge in [0.05, 0.1) is 12.8 Å². The van der Waals surface area contributed by atoms with E-state index in [1.165, 1.54) is 0 Å². The van der Waals surface area contributed by atoms with Gasteiger partial charge in [0.15, 0.2) is 0 Å². The summed E-state index contributed by atoms with van der Waals surface area (Å²) < 4.78 is 0. The third-order valence-corrected chi connectivity index (χ3v) is 3.15. The van der Waals surface area contributed by atoms with Crippen LogP contribution in [0.5, 0.6) is 0 Å². The quantitative estimate of drug-likeness (QED) is 0.631. The van der Waals surface area contributed by atoms with E-state index in [1.54, 1.807) is 10.1 Å². The summed E-state index contributed by atoms with van der Waals surface area (Å²) in [5.74, 6) is -0.770. The topological polar surface area (TPSA) is 83.1 Å². The smallest absolute Gasteiger partial charge is 0.325 e. The number of nitrogens with one attached hydrogen (secondary N) is 2. The molecular formula is C12H22N4O4. The van der Waals surface area contributed by atoms with E-state index >= 15 is 0 Å². The Hall–Kier alpha value is -1.22. The van der Waals surface area contributed by atoms with Gasteiger partial charge in [-0.25, -0.2) is 0 Å². The van der Waals surface area contributed by atoms with Gasteiger partial charge in [0.1, 0.15) is 0 Å². The molecule has 0 atom stereocenters. The molecule has 0 spiro atoms. The first-order valence-electron chi connectivity index (χ1n) is 7.07. The van der Waals surface area contributed by atoms with E-state index in [4.69, 9.17) is 9.68 Å². The second kappa shape index (κ2) is 8.15. The van der Waals surface area contributed by atoms with Gasteiger partial charge in [0.2, 0.25) is 0 Å². The Labute approximate surface area is 118 Å². The minimum absolute atomic E-state index is 0.0504. The lowest BCUT2D eigenvalue weighted by atomic mass is 10.3. The highest BCUT2D eigenvalue weighted by atomic mass is 16.7. The molecule has 0 aromatic rings. The third kappa shape index (κ3) is 5.41. The number of rotatable bonds is 5. The zero-order valence-electron chi connectivity index (χ0n) is 11.6. The Kier molecular flexibility index (Phi) is 6.19. The first-order valence-corrected chi connectivity index (χ1v) is 7.07. The summed E-state index contributed by atoms with van der Waals surface area (Å²) in [4.78, 5) is 33.5. The van der Waals surface area contributed by atoms with Crippen molar-refractivity contribution in [2.75, 3.05) is 52.4 Å². The Morgan fingerprint density at radius 1 is 0.750 bits per heavy atom. The molecular weight excluding hydrogens is 264 g/mol. The van der Waals surface area contributed by atoms with Crippen molar-refractivity contribution >= 4 is 11.9 Å². The molecule has 2 saturated heterocycles.